The SMILES string of the molecule is CCOC(=O)Cn1cc(NC(=O)Cc2ccc(OC)cc2)nn1. The standard InChI is InChI=1S/C15H18N4O4/c1-3-23-15(21)10-19-9-13(17-18-19)16-14(20)8-11-4-6-12(22-2)7-5-11/h4-7,9H,3,8,10H2,1-2H3,(H,16,20). The highest BCUT2D eigenvalue weighted by Crippen LogP contribution is 2.12. The smallest absolute Gasteiger partial charge is 0.327 e. The van der Waals surface area contributed by atoms with Crippen LogP contribution in [0, 0.1) is 0 Å². The van der Waals surface area contributed by atoms with Crippen LogP contribution in [0.3, 0.4) is 0 Å². The van der Waals surface area contributed by atoms with Crippen molar-refractivity contribution in [3.8, 4) is 5.75 Å². The van der Waals surface area contributed by atoms with Gasteiger partial charge in [0, 0.05) is 0 Å². The Balaban J connectivity index is 1.87. The van der Waals surface area contributed by atoms with Crippen LogP contribution in [-0.4, -0.2) is 40.6 Å². The van der Waals surface area contributed by atoms with Crippen molar-refractivity contribution < 1.29 is 19.1 Å². The number of amides is 1. The Bertz CT molecular complexity index is 666. The normalized spacial score (nSPS) is 10.2. The summed E-state index contributed by atoms with van der Waals surface area (Å²) in [7, 11) is 1.58. The van der Waals surface area contributed by atoms with Gasteiger partial charge in [0.2, 0.25) is 5.91 Å². The number of carbonyl (C=O) groups excluding carboxylic acids is 2. The van der Waals surface area contributed by atoms with Crippen LogP contribution in [0.4, 0.5) is 5.82 Å². The minimum atomic E-state index is -0.409. The van der Waals surface area contributed by atoms with Gasteiger partial charge in [0.1, 0.15) is 12.3 Å². The number of anilines is 1. The molecule has 0 aliphatic rings. The van der Waals surface area contributed by atoms with Gasteiger partial charge in [0.15, 0.2) is 5.82 Å². The first-order valence-corrected chi connectivity index (χ1v) is 7.09. The van der Waals surface area contributed by atoms with Crippen molar-refractivity contribution in [3.63, 3.8) is 0 Å². The third kappa shape index (κ3) is 5.10. The third-order valence-electron chi connectivity index (χ3n) is 2.93. The van der Waals surface area contributed by atoms with E-state index >= 15 is 0 Å². The summed E-state index contributed by atoms with van der Waals surface area (Å²) in [6.07, 6.45) is 1.68. The average Bonchev–Trinajstić information content (AvgIpc) is 2.95. The molecule has 0 aliphatic carbocycles. The number of hydrogen-bond acceptors (Lipinski definition) is 6. The van der Waals surface area contributed by atoms with Crippen molar-refractivity contribution >= 4 is 17.7 Å². The predicted molar refractivity (Wildman–Crippen MR) is 82.0 cm³/mol. The first kappa shape index (κ1) is 16.5. The molecule has 0 spiro atoms. The molecule has 0 saturated heterocycles. The Labute approximate surface area is 133 Å². The topological polar surface area (TPSA) is 95.3 Å². The second-order valence-corrected chi connectivity index (χ2v) is 4.68. The van der Waals surface area contributed by atoms with Crippen molar-refractivity contribution in [1.82, 2.24) is 15.0 Å². The molecule has 8 heteroatoms. The van der Waals surface area contributed by atoms with Crippen molar-refractivity contribution in [3.05, 3.63) is 36.0 Å². The lowest BCUT2D eigenvalue weighted by Crippen LogP contribution is -2.15. The highest BCUT2D eigenvalue weighted by atomic mass is 16.5. The number of hydrogen-bond donors (Lipinski definition) is 1. The number of nitrogens with zero attached hydrogens (tertiary/aromatic N) is 3. The molecule has 122 valence electrons. The van der Waals surface area contributed by atoms with E-state index in [2.05, 4.69) is 15.6 Å². The largest absolute Gasteiger partial charge is 0.497 e. The third-order valence-corrected chi connectivity index (χ3v) is 2.93. The molecular formula is C15H18N4O4. The Morgan fingerprint density at radius 1 is 1.26 bits per heavy atom. The van der Waals surface area contributed by atoms with Crippen LogP contribution in [0.5, 0.6) is 5.75 Å². The summed E-state index contributed by atoms with van der Waals surface area (Å²) in [5.41, 5.74) is 0.849. The Hall–Kier alpha value is -2.90. The van der Waals surface area contributed by atoms with Gasteiger partial charge in [-0.3, -0.25) is 9.59 Å². The second kappa shape index (κ2) is 7.92. The molecule has 8 nitrogen and oxygen atoms in total. The van der Waals surface area contributed by atoms with E-state index in [1.807, 2.05) is 12.1 Å². The number of esters is 1. The van der Waals surface area contributed by atoms with Crippen LogP contribution in [0.1, 0.15) is 12.5 Å². The van der Waals surface area contributed by atoms with Crippen molar-refractivity contribution in [2.75, 3.05) is 19.0 Å². The first-order chi connectivity index (χ1) is 11.1. The molecule has 1 aromatic carbocycles. The molecule has 0 aliphatic heterocycles. The highest BCUT2D eigenvalue weighted by Gasteiger charge is 2.09. The summed E-state index contributed by atoms with van der Waals surface area (Å²) in [5, 5.41) is 10.2. The fourth-order valence-corrected chi connectivity index (χ4v) is 1.89. The Morgan fingerprint density at radius 3 is 2.65 bits per heavy atom. The maximum atomic E-state index is 12.0. The fraction of sp³-hybridized carbons (Fsp3) is 0.333. The van der Waals surface area contributed by atoms with E-state index < -0.39 is 5.97 Å². The molecule has 2 rings (SSSR count). The van der Waals surface area contributed by atoms with E-state index in [0.29, 0.717) is 6.61 Å². The molecule has 1 N–H and O–H groups in total. The number of ether oxygens (including phenoxy) is 2. The molecule has 1 amide bonds. The molecule has 0 unspecified atom stereocenters. The van der Waals surface area contributed by atoms with Gasteiger partial charge in [0.25, 0.3) is 0 Å². The molecule has 1 heterocycles. The number of benzene rings is 1. The minimum Gasteiger partial charge on any atom is -0.497 e. The number of aromatic nitrogens is 3. The van der Waals surface area contributed by atoms with Gasteiger partial charge in [-0.15, -0.1) is 5.10 Å². The van der Waals surface area contributed by atoms with Gasteiger partial charge >= 0.3 is 5.97 Å². The second-order valence-electron chi connectivity index (χ2n) is 4.68. The van der Waals surface area contributed by atoms with Gasteiger partial charge in [0.05, 0.1) is 26.3 Å². The zero-order valence-electron chi connectivity index (χ0n) is 13.0. The summed E-state index contributed by atoms with van der Waals surface area (Å²) in [6, 6.07) is 7.21. The fourth-order valence-electron chi connectivity index (χ4n) is 1.89. The van der Waals surface area contributed by atoms with Gasteiger partial charge in [-0.05, 0) is 24.6 Å². The Kier molecular flexibility index (Phi) is 5.67. The van der Waals surface area contributed by atoms with E-state index in [0.717, 1.165) is 11.3 Å². The van der Waals surface area contributed by atoms with Gasteiger partial charge < -0.3 is 14.8 Å². The van der Waals surface area contributed by atoms with Crippen LogP contribution in [0.25, 0.3) is 0 Å². The Morgan fingerprint density at radius 2 is 2.00 bits per heavy atom. The van der Waals surface area contributed by atoms with Crippen molar-refractivity contribution in [2.45, 2.75) is 19.9 Å². The average molecular weight is 318 g/mol. The van der Waals surface area contributed by atoms with Gasteiger partial charge in [-0.1, -0.05) is 17.3 Å². The van der Waals surface area contributed by atoms with E-state index in [1.165, 1.54) is 10.9 Å². The minimum absolute atomic E-state index is 0.0464. The molecule has 1 aromatic heterocycles. The lowest BCUT2D eigenvalue weighted by atomic mass is 10.1. The zero-order valence-corrected chi connectivity index (χ0v) is 13.0. The number of nitrogens with one attached hydrogen (secondary N) is 1. The number of methoxy groups -OCH3 is 1. The molecular weight excluding hydrogens is 300 g/mol. The van der Waals surface area contributed by atoms with Crippen LogP contribution >= 0.6 is 0 Å². The lowest BCUT2D eigenvalue weighted by molar-refractivity contribution is -0.144. The van der Waals surface area contributed by atoms with Gasteiger partial charge in [-0.25, -0.2) is 4.68 Å². The molecule has 0 atom stereocenters. The van der Waals surface area contributed by atoms with Crippen LogP contribution in [0.2, 0.25) is 0 Å². The van der Waals surface area contributed by atoms with Crippen molar-refractivity contribution in [2.24, 2.45) is 0 Å². The van der Waals surface area contributed by atoms with E-state index in [9.17, 15) is 9.59 Å². The van der Waals surface area contributed by atoms with Crippen LogP contribution in [-0.2, 0) is 27.3 Å². The number of rotatable bonds is 7. The van der Waals surface area contributed by atoms with E-state index in [1.54, 1.807) is 26.2 Å². The van der Waals surface area contributed by atoms with E-state index in [4.69, 9.17) is 9.47 Å². The first-order valence-electron chi connectivity index (χ1n) is 7.09. The maximum Gasteiger partial charge on any atom is 0.327 e. The summed E-state index contributed by atoms with van der Waals surface area (Å²) in [4.78, 5) is 23.3. The molecule has 23 heavy (non-hydrogen) atoms. The molecule has 0 saturated carbocycles. The monoisotopic (exact) mass is 318 g/mol. The van der Waals surface area contributed by atoms with E-state index in [-0.39, 0.29) is 24.7 Å². The summed E-state index contributed by atoms with van der Waals surface area (Å²) < 4.78 is 11.2. The van der Waals surface area contributed by atoms with Gasteiger partial charge in [-0.2, -0.15) is 0 Å². The maximum absolute atomic E-state index is 12.0. The van der Waals surface area contributed by atoms with Crippen LogP contribution in [0.15, 0.2) is 30.5 Å². The lowest BCUT2D eigenvalue weighted by Gasteiger charge is -2.03. The van der Waals surface area contributed by atoms with Crippen LogP contribution < -0.4 is 10.1 Å². The zero-order chi connectivity index (χ0) is 16.7. The van der Waals surface area contributed by atoms with Crippen molar-refractivity contribution in [1.29, 1.82) is 0 Å². The molecule has 0 bridgehead atoms. The highest BCUT2D eigenvalue weighted by molar-refractivity contribution is 5.91. The summed E-state index contributed by atoms with van der Waals surface area (Å²) in [5.74, 6) is 0.385. The number of carbonyl (C=O) groups is 2. The molecule has 0 fully saturated rings. The summed E-state index contributed by atoms with van der Waals surface area (Å²) in [6.45, 7) is 1.98. The summed E-state index contributed by atoms with van der Waals surface area (Å²) >= 11 is 0. The molecule has 0 radical (unpaired) electrons. The quantitative estimate of drug-likeness (QED) is 0.766. The predicted octanol–water partition coefficient (Wildman–Crippen LogP) is 1.03. The molecule has 2 aromatic rings.